The number of oxime groups is 1. The summed E-state index contributed by atoms with van der Waals surface area (Å²) in [7, 11) is 0. The van der Waals surface area contributed by atoms with Gasteiger partial charge in [-0.15, -0.1) is 0 Å². The van der Waals surface area contributed by atoms with Gasteiger partial charge in [-0.1, -0.05) is 5.16 Å². The van der Waals surface area contributed by atoms with E-state index >= 15 is 0 Å². The minimum absolute atomic E-state index is 0.191. The van der Waals surface area contributed by atoms with E-state index in [1.165, 1.54) is 4.22 Å². The Bertz CT molecular complexity index is 542. The molecule has 0 bridgehead atoms. The normalized spacial score (nSPS) is 14.5. The van der Waals surface area contributed by atoms with Crippen LogP contribution in [0.4, 0.5) is 13.2 Å². The highest BCUT2D eigenvalue weighted by atomic mass is 127. The molecule has 0 spiro atoms. The minimum atomic E-state index is -4.61. The largest absolute Gasteiger partial charge is 0.417 e. The molecule has 1 aliphatic heterocycles. The smallest absolute Gasteiger partial charge is 0.332 e. The molecule has 2 rings (SSSR count). The Labute approximate surface area is 109 Å². The summed E-state index contributed by atoms with van der Waals surface area (Å²) in [5.74, 6) is -0.907. The summed E-state index contributed by atoms with van der Waals surface area (Å²) in [6.45, 7) is 0. The lowest BCUT2D eigenvalue weighted by molar-refractivity contribution is -0.138. The standard InChI is InChI=1S/C9H5F3IN3O2/c10-9(11,12)6-1-2-14-3-5(6)7(17)16-8-13-4-15-18-8/h1-4H,(H,16,17). The van der Waals surface area contributed by atoms with Crippen molar-refractivity contribution < 1.29 is 22.8 Å². The van der Waals surface area contributed by atoms with Crippen molar-refractivity contribution in [3.05, 3.63) is 29.6 Å². The summed E-state index contributed by atoms with van der Waals surface area (Å²) in [5, 5.41) is 5.66. The maximum absolute atomic E-state index is 12.7. The molecule has 0 saturated heterocycles. The first-order valence-electron chi connectivity index (χ1n) is 4.50. The second kappa shape index (κ2) is 5.00. The average molecular weight is 371 g/mol. The van der Waals surface area contributed by atoms with Gasteiger partial charge in [0, 0.05) is 33.1 Å². The van der Waals surface area contributed by atoms with Gasteiger partial charge < -0.3 is 4.84 Å². The second-order valence-corrected chi connectivity index (χ2v) is 5.21. The first-order chi connectivity index (χ1) is 8.48. The Morgan fingerprint density at radius 1 is 1.44 bits per heavy atom. The molecule has 5 nitrogen and oxygen atoms in total. The van der Waals surface area contributed by atoms with Crippen LogP contribution in [0.15, 0.2) is 23.6 Å². The number of rotatable bonds is 2. The molecular weight excluding hydrogens is 366 g/mol. The van der Waals surface area contributed by atoms with Crippen LogP contribution in [0, 0.1) is 0 Å². The van der Waals surface area contributed by atoms with Gasteiger partial charge >= 0.3 is 6.18 Å². The molecule has 0 aliphatic carbocycles. The number of nitrogens with zero attached hydrogens (tertiary/aromatic N) is 2. The van der Waals surface area contributed by atoms with Crippen LogP contribution in [0.25, 0.3) is 0 Å². The number of carbonyl (C=O) groups is 1. The van der Waals surface area contributed by atoms with Crippen LogP contribution >= 0.6 is 20.7 Å². The number of halogens is 4. The maximum Gasteiger partial charge on any atom is 0.417 e. The third-order valence-corrected chi connectivity index (χ3v) is 3.44. The monoisotopic (exact) mass is 371 g/mol. The van der Waals surface area contributed by atoms with Gasteiger partial charge in [-0.3, -0.25) is 15.1 Å². The van der Waals surface area contributed by atoms with Crippen LogP contribution in [0.1, 0.15) is 15.9 Å². The molecule has 96 valence electrons. The van der Waals surface area contributed by atoms with Crippen molar-refractivity contribution in [2.75, 3.05) is 0 Å². The zero-order chi connectivity index (χ0) is 13.2. The van der Waals surface area contributed by atoms with E-state index in [9.17, 15) is 18.0 Å². The highest BCUT2D eigenvalue weighted by molar-refractivity contribution is 14.2. The summed E-state index contributed by atoms with van der Waals surface area (Å²) in [6, 6.07) is 0.751. The van der Waals surface area contributed by atoms with Crippen molar-refractivity contribution in [2.45, 2.75) is 6.18 Å². The zero-order valence-corrected chi connectivity index (χ0v) is 10.7. The Balaban J connectivity index is 2.25. The molecular formula is C9H5F3IN3O2. The molecule has 1 amide bonds. The van der Waals surface area contributed by atoms with E-state index in [1.807, 2.05) is 0 Å². The van der Waals surface area contributed by atoms with E-state index in [4.69, 9.17) is 0 Å². The molecule has 1 aromatic rings. The first-order valence-corrected chi connectivity index (χ1v) is 6.82. The maximum atomic E-state index is 12.7. The quantitative estimate of drug-likeness (QED) is 0.808. The topological polar surface area (TPSA) is 63.6 Å². The van der Waals surface area contributed by atoms with Gasteiger partial charge in [-0.2, -0.15) is 13.2 Å². The number of nitrogens with one attached hydrogen (secondary N) is 1. The third-order valence-electron chi connectivity index (χ3n) is 1.90. The SMILES string of the molecule is O=C(NC1=IC=NO1)c1cnccc1C(F)(F)F. The number of alkyl halides is 3. The summed E-state index contributed by atoms with van der Waals surface area (Å²) >= 11 is -0.719. The second-order valence-electron chi connectivity index (χ2n) is 3.05. The van der Waals surface area contributed by atoms with Crippen LogP contribution in [0.5, 0.6) is 0 Å². The van der Waals surface area contributed by atoms with Gasteiger partial charge in [0.25, 0.3) is 9.73 Å². The van der Waals surface area contributed by atoms with Crippen molar-refractivity contribution in [1.29, 1.82) is 0 Å². The van der Waals surface area contributed by atoms with E-state index in [-0.39, 0.29) is 3.82 Å². The molecule has 0 fully saturated rings. The van der Waals surface area contributed by atoms with Crippen LogP contribution in [0.3, 0.4) is 0 Å². The molecule has 1 aliphatic rings. The summed E-state index contributed by atoms with van der Waals surface area (Å²) < 4.78 is 39.7. The lowest BCUT2D eigenvalue weighted by Gasteiger charge is -2.11. The Morgan fingerprint density at radius 3 is 2.83 bits per heavy atom. The Morgan fingerprint density at radius 2 is 2.22 bits per heavy atom. The van der Waals surface area contributed by atoms with E-state index in [0.717, 1.165) is 18.5 Å². The Kier molecular flexibility index (Phi) is 3.59. The van der Waals surface area contributed by atoms with Gasteiger partial charge in [0.05, 0.1) is 11.1 Å². The van der Waals surface area contributed by atoms with E-state index < -0.39 is 43.9 Å². The van der Waals surface area contributed by atoms with Crippen molar-refractivity contribution in [3.63, 3.8) is 0 Å². The van der Waals surface area contributed by atoms with Crippen molar-refractivity contribution in [1.82, 2.24) is 10.3 Å². The summed E-state index contributed by atoms with van der Waals surface area (Å²) in [4.78, 5) is 19.9. The number of aromatic nitrogens is 1. The fourth-order valence-electron chi connectivity index (χ4n) is 1.18. The number of hydrogen-bond acceptors (Lipinski definition) is 4. The molecule has 0 atom stereocenters. The highest BCUT2D eigenvalue weighted by Gasteiger charge is 2.35. The van der Waals surface area contributed by atoms with Gasteiger partial charge in [0.1, 0.15) is 4.22 Å². The van der Waals surface area contributed by atoms with Crippen LogP contribution in [-0.4, -0.2) is 18.9 Å². The molecule has 1 aromatic heterocycles. The fourth-order valence-corrected chi connectivity index (χ4v) is 2.29. The molecule has 0 unspecified atom stereocenters. The number of carbonyl (C=O) groups excluding carboxylic acids is 1. The summed E-state index contributed by atoms with van der Waals surface area (Å²) in [5.41, 5.74) is -1.58. The van der Waals surface area contributed by atoms with E-state index in [2.05, 4.69) is 20.3 Å². The number of pyridine rings is 1. The average Bonchev–Trinajstić information content (AvgIpc) is 2.80. The molecule has 9 heteroatoms. The minimum Gasteiger partial charge on any atom is -0.332 e. The molecule has 0 aromatic carbocycles. The first kappa shape index (κ1) is 12.9. The summed E-state index contributed by atoms with van der Waals surface area (Å²) in [6.07, 6.45) is -2.76. The number of hydrogen-bond donors (Lipinski definition) is 1. The Hall–Kier alpha value is -1.52. The van der Waals surface area contributed by atoms with Crippen LogP contribution < -0.4 is 5.32 Å². The van der Waals surface area contributed by atoms with Crippen LogP contribution in [0.2, 0.25) is 0 Å². The lowest BCUT2D eigenvalue weighted by Crippen LogP contribution is -2.31. The van der Waals surface area contributed by atoms with Crippen molar-refractivity contribution in [2.24, 2.45) is 5.16 Å². The van der Waals surface area contributed by atoms with Gasteiger partial charge in [0.2, 0.25) is 0 Å². The lowest BCUT2D eigenvalue weighted by atomic mass is 10.1. The molecule has 0 saturated carbocycles. The third kappa shape index (κ3) is 2.83. The van der Waals surface area contributed by atoms with Gasteiger partial charge in [0.15, 0.2) is 0 Å². The fraction of sp³-hybridized carbons (Fsp3) is 0.111. The zero-order valence-electron chi connectivity index (χ0n) is 8.53. The van der Waals surface area contributed by atoms with Gasteiger partial charge in [-0.25, -0.2) is 0 Å². The number of amides is 1. The highest BCUT2D eigenvalue weighted by Crippen LogP contribution is 2.31. The van der Waals surface area contributed by atoms with Crippen LogP contribution in [-0.2, 0) is 11.0 Å². The molecule has 1 N–H and O–H groups in total. The van der Waals surface area contributed by atoms with E-state index in [0.29, 0.717) is 0 Å². The molecule has 18 heavy (non-hydrogen) atoms. The predicted molar refractivity (Wildman–Crippen MR) is 65.3 cm³/mol. The molecule has 0 radical (unpaired) electrons. The molecule has 2 heterocycles. The predicted octanol–water partition coefficient (Wildman–Crippen LogP) is 1.86. The van der Waals surface area contributed by atoms with Gasteiger partial charge in [-0.05, 0) is 6.07 Å². The van der Waals surface area contributed by atoms with Crippen molar-refractivity contribution in [3.8, 4) is 0 Å². The van der Waals surface area contributed by atoms with E-state index in [1.54, 1.807) is 0 Å². The van der Waals surface area contributed by atoms with Crippen molar-refractivity contribution >= 4 is 34.7 Å².